The largest absolute Gasteiger partial charge is 1.00 e. The van der Waals surface area contributed by atoms with E-state index in [1.807, 2.05) is 36.4 Å². The van der Waals surface area contributed by atoms with Crippen LogP contribution in [0.2, 0.25) is 0 Å². The summed E-state index contributed by atoms with van der Waals surface area (Å²) in [4.78, 5) is 15.2. The first-order valence-corrected chi connectivity index (χ1v) is 11.1. The van der Waals surface area contributed by atoms with E-state index in [-0.39, 0.29) is 53.0 Å². The molecule has 8 heteroatoms. The number of hydrogen-bond acceptors (Lipinski definition) is 5. The molecule has 0 bridgehead atoms. The van der Waals surface area contributed by atoms with Gasteiger partial charge in [0.2, 0.25) is 0 Å². The molecule has 5 nitrogen and oxygen atoms in total. The van der Waals surface area contributed by atoms with Crippen molar-refractivity contribution in [3.8, 4) is 0 Å². The third-order valence-corrected chi connectivity index (χ3v) is 6.42. The van der Waals surface area contributed by atoms with E-state index in [1.165, 1.54) is 6.07 Å². The molecule has 0 spiro atoms. The predicted octanol–water partition coefficient (Wildman–Crippen LogP) is 0.475. The molecule has 29 heavy (non-hydrogen) atoms. The Balaban J connectivity index is 0.00000300. The zero-order valence-electron chi connectivity index (χ0n) is 15.8. The van der Waals surface area contributed by atoms with Gasteiger partial charge >= 0.3 is 29.6 Å². The van der Waals surface area contributed by atoms with Crippen LogP contribution in [0.1, 0.15) is 24.1 Å². The monoisotopic (exact) mass is 481 g/mol. The summed E-state index contributed by atoms with van der Waals surface area (Å²) in [7, 11) is -3.54. The number of nitrogens with zero attached hydrogens (tertiary/aromatic N) is 1. The van der Waals surface area contributed by atoms with Gasteiger partial charge in [0, 0.05) is 15.8 Å². The first-order chi connectivity index (χ1) is 13.3. The molecule has 0 atom stereocenters. The molecule has 144 valence electrons. The first-order valence-electron chi connectivity index (χ1n) is 8.60. The molecule has 0 amide bonds. The average Bonchev–Trinajstić information content (AvgIpc) is 2.66. The molecule has 0 N–H and O–H groups in total. The summed E-state index contributed by atoms with van der Waals surface area (Å²) in [5.41, 5.74) is 2.34. The van der Waals surface area contributed by atoms with Gasteiger partial charge in [0.1, 0.15) is 0 Å². The Morgan fingerprint density at radius 1 is 1.07 bits per heavy atom. The molecular weight excluding hydrogens is 465 g/mol. The van der Waals surface area contributed by atoms with Gasteiger partial charge in [0.25, 0.3) is 0 Å². The van der Waals surface area contributed by atoms with E-state index in [9.17, 15) is 18.3 Å². The normalized spacial score (nSPS) is 11.5. The van der Waals surface area contributed by atoms with Gasteiger partial charge < -0.3 is 9.90 Å². The second-order valence-electron chi connectivity index (χ2n) is 6.27. The topological polar surface area (TPSA) is 87.2 Å². The van der Waals surface area contributed by atoms with E-state index in [1.54, 1.807) is 24.3 Å². The molecule has 1 heterocycles. The van der Waals surface area contributed by atoms with Gasteiger partial charge in [-0.3, -0.25) is 0 Å². The zero-order valence-corrected chi connectivity index (χ0v) is 20.2. The van der Waals surface area contributed by atoms with Gasteiger partial charge in [-0.15, -0.1) is 0 Å². The van der Waals surface area contributed by atoms with Crippen molar-refractivity contribution in [1.29, 1.82) is 0 Å². The van der Waals surface area contributed by atoms with E-state index >= 15 is 0 Å². The van der Waals surface area contributed by atoms with E-state index in [2.05, 4.69) is 20.9 Å². The van der Waals surface area contributed by atoms with Crippen LogP contribution >= 0.6 is 15.9 Å². The third kappa shape index (κ3) is 6.76. The number of hydrogen-bond donors (Lipinski definition) is 0. The van der Waals surface area contributed by atoms with Crippen LogP contribution in [-0.4, -0.2) is 25.1 Å². The summed E-state index contributed by atoms with van der Waals surface area (Å²) in [6.45, 7) is 0. The average molecular weight is 482 g/mol. The number of rotatable bonds is 7. The van der Waals surface area contributed by atoms with Crippen LogP contribution in [0.15, 0.2) is 64.0 Å². The molecule has 0 fully saturated rings. The SMILES string of the molecule is O=C([O-])CCCS(=O)(=O)c1cccc(C=Cc2ccc3ccc(Br)cc3n2)c1.[Na+]. The van der Waals surface area contributed by atoms with Crippen LogP contribution in [0.25, 0.3) is 23.1 Å². The summed E-state index contributed by atoms with van der Waals surface area (Å²) in [6, 6.07) is 16.3. The van der Waals surface area contributed by atoms with Crippen molar-refractivity contribution in [2.45, 2.75) is 17.7 Å². The molecule has 0 aliphatic carbocycles. The summed E-state index contributed by atoms with van der Waals surface area (Å²) >= 11 is 3.43. The number of aliphatic carboxylic acids is 1. The Bertz CT molecular complexity index is 1160. The Kier molecular flexibility index (Phi) is 8.60. The van der Waals surface area contributed by atoms with Gasteiger partial charge in [0.05, 0.1) is 21.9 Å². The molecule has 0 aliphatic rings. The first kappa shape index (κ1) is 23.8. The summed E-state index contributed by atoms with van der Waals surface area (Å²) < 4.78 is 25.7. The Morgan fingerprint density at radius 3 is 2.59 bits per heavy atom. The Hall–Kier alpha value is -1.51. The van der Waals surface area contributed by atoms with Crippen LogP contribution in [-0.2, 0) is 14.6 Å². The molecular formula is C21H17BrNNaO4S. The molecule has 0 saturated carbocycles. The van der Waals surface area contributed by atoms with Gasteiger partial charge in [-0.25, -0.2) is 13.4 Å². The molecule has 0 aliphatic heterocycles. The van der Waals surface area contributed by atoms with Crippen molar-refractivity contribution in [2.75, 3.05) is 5.75 Å². The maximum atomic E-state index is 12.4. The minimum atomic E-state index is -3.54. The van der Waals surface area contributed by atoms with Crippen LogP contribution in [0.4, 0.5) is 0 Å². The molecule has 0 saturated heterocycles. The number of carbonyl (C=O) groups excluding carboxylic acids is 1. The number of sulfone groups is 1. The predicted molar refractivity (Wildman–Crippen MR) is 111 cm³/mol. The van der Waals surface area contributed by atoms with Crippen LogP contribution in [0, 0.1) is 0 Å². The van der Waals surface area contributed by atoms with Crippen molar-refractivity contribution in [3.05, 3.63) is 70.3 Å². The number of fused-ring (bicyclic) bond motifs is 1. The smallest absolute Gasteiger partial charge is 0.550 e. The van der Waals surface area contributed by atoms with Crippen molar-refractivity contribution in [2.24, 2.45) is 0 Å². The summed E-state index contributed by atoms with van der Waals surface area (Å²) in [5, 5.41) is 11.5. The van der Waals surface area contributed by atoms with Crippen LogP contribution in [0.3, 0.4) is 0 Å². The van der Waals surface area contributed by atoms with Gasteiger partial charge in [-0.2, -0.15) is 0 Å². The van der Waals surface area contributed by atoms with Crippen LogP contribution in [0.5, 0.6) is 0 Å². The maximum Gasteiger partial charge on any atom is 1.00 e. The number of carboxylic acid groups (broad SMARTS) is 1. The van der Waals surface area contributed by atoms with Crippen molar-refractivity contribution < 1.29 is 47.9 Å². The van der Waals surface area contributed by atoms with E-state index in [4.69, 9.17) is 0 Å². The van der Waals surface area contributed by atoms with Crippen LogP contribution < -0.4 is 34.7 Å². The minimum absolute atomic E-state index is 0. The second-order valence-corrected chi connectivity index (χ2v) is 9.30. The van der Waals surface area contributed by atoms with Crippen molar-refractivity contribution in [3.63, 3.8) is 0 Å². The van der Waals surface area contributed by atoms with E-state index in [0.717, 1.165) is 26.6 Å². The standard InChI is InChI=1S/C21H18BrNO4S.Na/c22-17-9-7-16-8-11-18(23-20(16)14-17)10-6-15-3-1-4-19(13-15)28(26,27)12-2-5-21(24)25;/h1,3-4,6-11,13-14H,2,5,12H2,(H,24,25);/q;+1/p-1. The fraction of sp³-hybridized carbons (Fsp3) is 0.143. The zero-order chi connectivity index (χ0) is 20.1. The Labute approximate surface area is 200 Å². The molecule has 0 radical (unpaired) electrons. The fourth-order valence-electron chi connectivity index (χ4n) is 2.72. The molecule has 2 aromatic carbocycles. The maximum absolute atomic E-state index is 12.4. The third-order valence-electron chi connectivity index (χ3n) is 4.13. The minimum Gasteiger partial charge on any atom is -0.550 e. The van der Waals surface area contributed by atoms with Gasteiger partial charge in [0.15, 0.2) is 9.84 Å². The number of aromatic nitrogens is 1. The van der Waals surface area contributed by atoms with E-state index < -0.39 is 15.8 Å². The molecule has 3 rings (SSSR count). The van der Waals surface area contributed by atoms with Crippen molar-refractivity contribution >= 4 is 54.8 Å². The van der Waals surface area contributed by atoms with Crippen molar-refractivity contribution in [1.82, 2.24) is 4.98 Å². The number of carboxylic acids is 1. The summed E-state index contributed by atoms with van der Waals surface area (Å²) in [5.74, 6) is -1.48. The molecule has 1 aromatic heterocycles. The number of carbonyl (C=O) groups is 1. The van der Waals surface area contributed by atoms with Gasteiger partial charge in [-0.1, -0.05) is 46.3 Å². The van der Waals surface area contributed by atoms with Gasteiger partial charge in [-0.05, 0) is 54.8 Å². The number of pyridine rings is 1. The number of halogens is 1. The molecule has 3 aromatic rings. The van der Waals surface area contributed by atoms with E-state index in [0.29, 0.717) is 0 Å². The summed E-state index contributed by atoms with van der Waals surface area (Å²) in [6.07, 6.45) is 3.37. The fourth-order valence-corrected chi connectivity index (χ4v) is 4.43. The second kappa shape index (κ2) is 10.5. The quantitative estimate of drug-likeness (QED) is 0.458. The Morgan fingerprint density at radius 2 is 1.83 bits per heavy atom. The molecule has 0 unspecified atom stereocenters. The number of benzene rings is 2.